The third kappa shape index (κ3) is 2.83. The van der Waals surface area contributed by atoms with E-state index in [2.05, 4.69) is 25.3 Å². The zero-order valence-electron chi connectivity index (χ0n) is 11.8. The Bertz CT molecular complexity index is 616. The van der Waals surface area contributed by atoms with Gasteiger partial charge in [-0.25, -0.2) is 10.5 Å². The van der Waals surface area contributed by atoms with Crippen LogP contribution in [-0.2, 0) is 6.54 Å². The molecule has 0 bridgehead atoms. The quantitative estimate of drug-likeness (QED) is 0.254. The maximum Gasteiger partial charge on any atom is 0.287 e. The van der Waals surface area contributed by atoms with Crippen LogP contribution >= 0.6 is 0 Å². The molecule has 0 saturated heterocycles. The normalized spacial score (nSPS) is 11.0. The van der Waals surface area contributed by atoms with E-state index < -0.39 is 5.91 Å². The molecule has 0 fully saturated rings. The summed E-state index contributed by atoms with van der Waals surface area (Å²) < 4.78 is 5.91. The maximum atomic E-state index is 11.8. The van der Waals surface area contributed by atoms with Gasteiger partial charge in [-0.15, -0.1) is 5.10 Å². The van der Waals surface area contributed by atoms with E-state index in [0.717, 1.165) is 13.1 Å². The number of rotatable bonds is 6. The molecule has 2 aromatic heterocycles. The van der Waals surface area contributed by atoms with Gasteiger partial charge < -0.3 is 10.6 Å². The second-order valence-corrected chi connectivity index (χ2v) is 4.38. The number of hydrogen-bond donors (Lipinski definition) is 4. The number of hydrazine groups is 1. The van der Waals surface area contributed by atoms with Gasteiger partial charge in [0, 0.05) is 0 Å². The lowest BCUT2D eigenvalue weighted by atomic mass is 10.2. The van der Waals surface area contributed by atoms with E-state index in [9.17, 15) is 4.79 Å². The Hall–Kier alpha value is -2.53. The van der Waals surface area contributed by atoms with Crippen molar-refractivity contribution in [2.24, 2.45) is 5.84 Å². The van der Waals surface area contributed by atoms with Crippen molar-refractivity contribution in [2.45, 2.75) is 20.4 Å². The highest BCUT2D eigenvalue weighted by Gasteiger charge is 2.26. The van der Waals surface area contributed by atoms with Gasteiger partial charge in [-0.2, -0.15) is 4.68 Å². The Kier molecular flexibility index (Phi) is 4.45. The minimum atomic E-state index is -0.530. The summed E-state index contributed by atoms with van der Waals surface area (Å²) in [6.07, 6.45) is 0. The Morgan fingerprint density at radius 3 is 2.62 bits per heavy atom. The van der Waals surface area contributed by atoms with Gasteiger partial charge in [0.1, 0.15) is 12.2 Å². The molecule has 0 aliphatic rings. The molecule has 114 valence electrons. The first-order valence-corrected chi connectivity index (χ1v) is 6.49. The number of hydrogen-bond acceptors (Lipinski definition) is 8. The fourth-order valence-corrected chi connectivity index (χ4v) is 1.95. The molecule has 0 aliphatic carbocycles. The number of quaternary nitrogens is 1. The van der Waals surface area contributed by atoms with E-state index >= 15 is 0 Å². The van der Waals surface area contributed by atoms with Gasteiger partial charge in [0.05, 0.1) is 13.1 Å². The molecule has 2 rings (SSSR count). The molecule has 11 heteroatoms. The van der Waals surface area contributed by atoms with Gasteiger partial charge >= 0.3 is 0 Å². The molecular weight excluding hydrogens is 278 g/mol. The molecule has 6 N–H and O–H groups in total. The van der Waals surface area contributed by atoms with E-state index in [1.54, 1.807) is 0 Å². The first kappa shape index (κ1) is 14.9. The molecule has 2 aromatic rings. The number of nitrogens with two attached hydrogens (primary N) is 2. The number of carbonyl (C=O) groups is 1. The number of aromatic nitrogens is 5. The van der Waals surface area contributed by atoms with Gasteiger partial charge in [-0.1, -0.05) is 5.21 Å². The van der Waals surface area contributed by atoms with Crippen molar-refractivity contribution in [1.29, 1.82) is 0 Å². The fraction of sp³-hybridized carbons (Fsp3) is 0.500. The highest BCUT2D eigenvalue weighted by atomic mass is 16.6. The van der Waals surface area contributed by atoms with Crippen LogP contribution in [0.3, 0.4) is 0 Å². The van der Waals surface area contributed by atoms with Crippen molar-refractivity contribution >= 4 is 11.7 Å². The summed E-state index contributed by atoms with van der Waals surface area (Å²) in [5.41, 5.74) is 8.38. The molecule has 0 aliphatic heterocycles. The summed E-state index contributed by atoms with van der Waals surface area (Å²) >= 11 is 0. The standard InChI is InChI=1S/C10H17N9O2/c1-3-18(4-2)5-6-7(10(20)13-12)14-17-19(6)9-8(11)15-21-16-9/h3-5,12H2,1-2H3,(H2,11,15)(H,13,20)/p+1. The molecule has 2 heterocycles. The van der Waals surface area contributed by atoms with Crippen molar-refractivity contribution in [3.8, 4) is 5.82 Å². The fourth-order valence-electron chi connectivity index (χ4n) is 1.95. The zero-order valence-corrected chi connectivity index (χ0v) is 11.8. The van der Waals surface area contributed by atoms with E-state index in [4.69, 9.17) is 11.6 Å². The lowest BCUT2D eigenvalue weighted by molar-refractivity contribution is -0.910. The molecule has 0 saturated carbocycles. The minimum Gasteiger partial charge on any atom is -0.378 e. The first-order chi connectivity index (χ1) is 10.1. The molecular formula is C10H18N9O2+. The number of nitrogen functional groups attached to an aromatic ring is 2. The maximum absolute atomic E-state index is 11.8. The van der Waals surface area contributed by atoms with Crippen LogP contribution in [0, 0.1) is 0 Å². The van der Waals surface area contributed by atoms with Crippen LogP contribution in [0.15, 0.2) is 4.63 Å². The lowest BCUT2D eigenvalue weighted by Gasteiger charge is -2.15. The minimum absolute atomic E-state index is 0.0652. The molecule has 21 heavy (non-hydrogen) atoms. The molecule has 0 unspecified atom stereocenters. The van der Waals surface area contributed by atoms with Gasteiger partial charge in [0.15, 0.2) is 5.69 Å². The van der Waals surface area contributed by atoms with Gasteiger partial charge in [-0.3, -0.25) is 10.2 Å². The largest absolute Gasteiger partial charge is 0.378 e. The predicted molar refractivity (Wildman–Crippen MR) is 71.0 cm³/mol. The van der Waals surface area contributed by atoms with E-state index in [0.29, 0.717) is 12.2 Å². The number of carbonyl (C=O) groups excluding carboxylic acids is 1. The number of anilines is 1. The van der Waals surface area contributed by atoms with Crippen molar-refractivity contribution in [2.75, 3.05) is 18.8 Å². The Morgan fingerprint density at radius 1 is 1.38 bits per heavy atom. The SMILES string of the molecule is CC[NH+](CC)Cc1c(C(=O)NN)nnn1-c1nonc1N. The summed E-state index contributed by atoms with van der Waals surface area (Å²) in [5.74, 6) is 4.90. The molecule has 0 radical (unpaired) electrons. The second-order valence-electron chi connectivity index (χ2n) is 4.38. The average molecular weight is 296 g/mol. The highest BCUT2D eigenvalue weighted by Crippen LogP contribution is 2.14. The smallest absolute Gasteiger partial charge is 0.287 e. The Balaban J connectivity index is 2.48. The van der Waals surface area contributed by atoms with Crippen LogP contribution < -0.4 is 21.9 Å². The van der Waals surface area contributed by atoms with E-state index in [-0.39, 0.29) is 17.3 Å². The Morgan fingerprint density at radius 2 is 2.10 bits per heavy atom. The third-order valence-corrected chi connectivity index (χ3v) is 3.22. The zero-order chi connectivity index (χ0) is 15.4. The van der Waals surface area contributed by atoms with Crippen molar-refractivity contribution < 1.29 is 14.3 Å². The van der Waals surface area contributed by atoms with Crippen molar-refractivity contribution in [3.05, 3.63) is 11.4 Å². The van der Waals surface area contributed by atoms with Crippen LogP contribution in [-0.4, -0.2) is 44.3 Å². The van der Waals surface area contributed by atoms with Crippen LogP contribution in [0.2, 0.25) is 0 Å². The van der Waals surface area contributed by atoms with Crippen LogP contribution in [0.25, 0.3) is 5.82 Å². The third-order valence-electron chi connectivity index (χ3n) is 3.22. The van der Waals surface area contributed by atoms with Gasteiger partial charge in [-0.05, 0) is 24.2 Å². The second kappa shape index (κ2) is 6.28. The summed E-state index contributed by atoms with van der Waals surface area (Å²) in [6, 6.07) is 0. The topological polar surface area (TPSA) is 155 Å². The van der Waals surface area contributed by atoms with Crippen LogP contribution in [0.4, 0.5) is 5.82 Å². The molecule has 1 amide bonds. The Labute approximate surface area is 120 Å². The lowest BCUT2D eigenvalue weighted by Crippen LogP contribution is -3.10. The summed E-state index contributed by atoms with van der Waals surface area (Å²) in [7, 11) is 0. The molecule has 0 spiro atoms. The van der Waals surface area contributed by atoms with E-state index in [1.807, 2.05) is 19.3 Å². The first-order valence-electron chi connectivity index (χ1n) is 6.49. The molecule has 0 aromatic carbocycles. The summed E-state index contributed by atoms with van der Waals surface area (Å²) in [5, 5.41) is 14.9. The number of nitrogens with zero attached hydrogens (tertiary/aromatic N) is 5. The van der Waals surface area contributed by atoms with Crippen LogP contribution in [0.1, 0.15) is 30.0 Å². The average Bonchev–Trinajstić information content (AvgIpc) is 3.09. The summed E-state index contributed by atoms with van der Waals surface area (Å²) in [6.45, 7) is 6.34. The monoisotopic (exact) mass is 296 g/mol. The predicted octanol–water partition coefficient (Wildman–Crippen LogP) is -2.74. The number of nitrogens with one attached hydrogen (secondary N) is 2. The van der Waals surface area contributed by atoms with Gasteiger partial charge in [0.25, 0.3) is 5.91 Å². The van der Waals surface area contributed by atoms with E-state index in [1.165, 1.54) is 9.58 Å². The summed E-state index contributed by atoms with van der Waals surface area (Å²) in [4.78, 5) is 13.0. The molecule has 11 nitrogen and oxygen atoms in total. The van der Waals surface area contributed by atoms with Crippen molar-refractivity contribution in [3.63, 3.8) is 0 Å². The highest BCUT2D eigenvalue weighted by molar-refractivity contribution is 5.92. The van der Waals surface area contributed by atoms with Crippen LogP contribution in [0.5, 0.6) is 0 Å². The van der Waals surface area contributed by atoms with Crippen molar-refractivity contribution in [1.82, 2.24) is 30.7 Å². The molecule has 0 atom stereocenters. The number of amides is 1. The van der Waals surface area contributed by atoms with Gasteiger partial charge in [0.2, 0.25) is 11.6 Å².